The molecule has 0 bridgehead atoms. The SMILES string of the molecule is CC1=NN(C)C(=O)C1(CCO)N(O)C(=O)O. The molecule has 0 spiro atoms. The average Bonchev–Trinajstić information content (AvgIpc) is 2.42. The van der Waals surface area contributed by atoms with Crippen LogP contribution in [-0.2, 0) is 4.79 Å². The average molecular weight is 231 g/mol. The maximum atomic E-state index is 11.8. The Kier molecular flexibility index (Phi) is 3.15. The van der Waals surface area contributed by atoms with E-state index in [1.54, 1.807) is 0 Å². The lowest BCUT2D eigenvalue weighted by Crippen LogP contribution is -2.59. The van der Waals surface area contributed by atoms with Gasteiger partial charge in [-0.2, -0.15) is 10.2 Å². The summed E-state index contributed by atoms with van der Waals surface area (Å²) < 4.78 is 0. The van der Waals surface area contributed by atoms with Gasteiger partial charge >= 0.3 is 6.09 Å². The van der Waals surface area contributed by atoms with Crippen molar-refractivity contribution in [1.29, 1.82) is 0 Å². The molecule has 1 aliphatic rings. The smallest absolute Gasteiger partial charge is 0.432 e. The Morgan fingerprint density at radius 1 is 1.62 bits per heavy atom. The number of aliphatic hydroxyl groups is 1. The molecule has 3 N–H and O–H groups in total. The molecule has 16 heavy (non-hydrogen) atoms. The normalized spacial score (nSPS) is 24.6. The third-order valence-electron chi connectivity index (χ3n) is 2.56. The minimum Gasteiger partial charge on any atom is -0.463 e. The predicted octanol–water partition coefficient (Wildman–Crippen LogP) is -0.675. The second-order valence-electron chi connectivity index (χ2n) is 3.44. The Balaban J connectivity index is 3.21. The molecule has 0 radical (unpaired) electrons. The van der Waals surface area contributed by atoms with E-state index in [9.17, 15) is 14.8 Å². The van der Waals surface area contributed by atoms with E-state index in [2.05, 4.69) is 5.10 Å². The second kappa shape index (κ2) is 4.06. The third-order valence-corrected chi connectivity index (χ3v) is 2.56. The maximum Gasteiger partial charge on any atom is 0.432 e. The Morgan fingerprint density at radius 3 is 2.50 bits per heavy atom. The number of hydrazone groups is 1. The van der Waals surface area contributed by atoms with Crippen LogP contribution >= 0.6 is 0 Å². The van der Waals surface area contributed by atoms with Crippen molar-refractivity contribution in [2.75, 3.05) is 13.7 Å². The van der Waals surface area contributed by atoms with Crippen LogP contribution in [0.15, 0.2) is 5.10 Å². The van der Waals surface area contributed by atoms with E-state index < -0.39 is 24.1 Å². The first-order chi connectivity index (χ1) is 7.37. The first-order valence-electron chi connectivity index (χ1n) is 4.54. The zero-order valence-corrected chi connectivity index (χ0v) is 8.91. The quantitative estimate of drug-likeness (QED) is 0.440. The first kappa shape index (κ1) is 12.4. The lowest BCUT2D eigenvalue weighted by atomic mass is 9.90. The van der Waals surface area contributed by atoms with E-state index in [0.29, 0.717) is 0 Å². The minimum atomic E-state index is -1.81. The number of carbonyl (C=O) groups excluding carboxylic acids is 1. The molecule has 1 heterocycles. The monoisotopic (exact) mass is 231 g/mol. The topological polar surface area (TPSA) is 114 Å². The van der Waals surface area contributed by atoms with Crippen LogP contribution in [0.3, 0.4) is 0 Å². The molecular formula is C8H13N3O5. The summed E-state index contributed by atoms with van der Waals surface area (Å²) in [5, 5.41) is 31.7. The molecule has 1 atom stereocenters. The number of carboxylic acid groups (broad SMARTS) is 1. The molecule has 0 saturated carbocycles. The maximum absolute atomic E-state index is 11.8. The van der Waals surface area contributed by atoms with Crippen molar-refractivity contribution in [2.24, 2.45) is 5.10 Å². The molecule has 0 aliphatic carbocycles. The highest BCUT2D eigenvalue weighted by atomic mass is 16.6. The highest BCUT2D eigenvalue weighted by Crippen LogP contribution is 2.28. The summed E-state index contributed by atoms with van der Waals surface area (Å²) >= 11 is 0. The van der Waals surface area contributed by atoms with Crippen molar-refractivity contribution in [3.8, 4) is 0 Å². The molecule has 8 nitrogen and oxygen atoms in total. The van der Waals surface area contributed by atoms with Gasteiger partial charge in [0.15, 0.2) is 5.54 Å². The van der Waals surface area contributed by atoms with Crippen molar-refractivity contribution < 1.29 is 25.0 Å². The standard InChI is InChI=1S/C8H13N3O5/c1-5-8(3-4-12,11(16)7(14)15)6(13)10(2)9-5/h12,16H,3-4H2,1-2H3,(H,14,15). The molecule has 0 saturated heterocycles. The van der Waals surface area contributed by atoms with Gasteiger partial charge < -0.3 is 10.2 Å². The van der Waals surface area contributed by atoms with Crippen molar-refractivity contribution in [1.82, 2.24) is 10.1 Å². The van der Waals surface area contributed by atoms with Gasteiger partial charge in [-0.3, -0.25) is 10.0 Å². The minimum absolute atomic E-state index is 0.103. The van der Waals surface area contributed by atoms with Crippen LogP contribution in [0.2, 0.25) is 0 Å². The van der Waals surface area contributed by atoms with Gasteiger partial charge in [0, 0.05) is 20.1 Å². The number of hydroxylamine groups is 2. The van der Waals surface area contributed by atoms with Gasteiger partial charge in [0.05, 0.1) is 5.71 Å². The van der Waals surface area contributed by atoms with Gasteiger partial charge in [0.2, 0.25) is 0 Å². The van der Waals surface area contributed by atoms with E-state index in [1.807, 2.05) is 0 Å². The summed E-state index contributed by atoms with van der Waals surface area (Å²) in [7, 11) is 1.35. The van der Waals surface area contributed by atoms with Crippen LogP contribution in [0.5, 0.6) is 0 Å². The van der Waals surface area contributed by atoms with Crippen LogP contribution in [0.1, 0.15) is 13.3 Å². The highest BCUT2D eigenvalue weighted by molar-refractivity contribution is 6.16. The third kappa shape index (κ3) is 1.51. The molecule has 90 valence electrons. The molecule has 1 aliphatic heterocycles. The number of likely N-dealkylation sites (N-methyl/N-ethyl adjacent to an activating group) is 1. The number of amides is 2. The van der Waals surface area contributed by atoms with E-state index in [-0.39, 0.29) is 17.2 Å². The molecule has 1 unspecified atom stereocenters. The molecule has 0 fully saturated rings. The molecule has 1 rings (SSSR count). The van der Waals surface area contributed by atoms with E-state index in [4.69, 9.17) is 10.2 Å². The van der Waals surface area contributed by atoms with Crippen LogP contribution in [-0.4, -0.2) is 62.4 Å². The van der Waals surface area contributed by atoms with E-state index >= 15 is 0 Å². The van der Waals surface area contributed by atoms with Gasteiger partial charge in [0.1, 0.15) is 0 Å². The van der Waals surface area contributed by atoms with Gasteiger partial charge in [-0.05, 0) is 6.92 Å². The predicted molar refractivity (Wildman–Crippen MR) is 52.0 cm³/mol. The van der Waals surface area contributed by atoms with Crippen LogP contribution in [0, 0.1) is 0 Å². The van der Waals surface area contributed by atoms with E-state index in [0.717, 1.165) is 5.01 Å². The van der Waals surface area contributed by atoms with Crippen molar-refractivity contribution >= 4 is 17.7 Å². The number of nitrogens with zero attached hydrogens (tertiary/aromatic N) is 3. The van der Waals surface area contributed by atoms with E-state index in [1.165, 1.54) is 14.0 Å². The van der Waals surface area contributed by atoms with Crippen LogP contribution < -0.4 is 0 Å². The van der Waals surface area contributed by atoms with Crippen molar-refractivity contribution in [3.05, 3.63) is 0 Å². The fourth-order valence-electron chi connectivity index (χ4n) is 1.74. The summed E-state index contributed by atoms with van der Waals surface area (Å²) in [5.74, 6) is -0.691. The second-order valence-corrected chi connectivity index (χ2v) is 3.44. The van der Waals surface area contributed by atoms with Gasteiger partial charge in [-0.25, -0.2) is 9.80 Å². The van der Waals surface area contributed by atoms with Crippen LogP contribution in [0.4, 0.5) is 4.79 Å². The summed E-state index contributed by atoms with van der Waals surface area (Å²) in [6.45, 7) is 0.972. The summed E-state index contributed by atoms with van der Waals surface area (Å²) in [4.78, 5) is 22.5. The molecule has 0 aromatic carbocycles. The van der Waals surface area contributed by atoms with Crippen molar-refractivity contribution in [3.63, 3.8) is 0 Å². The summed E-state index contributed by atoms with van der Waals surface area (Å²) in [6.07, 6.45) is -1.92. The fraction of sp³-hybridized carbons (Fsp3) is 0.625. The Bertz CT molecular complexity index is 356. The van der Waals surface area contributed by atoms with Gasteiger partial charge in [0.25, 0.3) is 5.91 Å². The number of carbonyl (C=O) groups is 2. The molecule has 2 amide bonds. The Morgan fingerprint density at radius 2 is 2.19 bits per heavy atom. The summed E-state index contributed by atoms with van der Waals surface area (Å²) in [6, 6.07) is 0. The molecular weight excluding hydrogens is 218 g/mol. The molecule has 0 aromatic heterocycles. The largest absolute Gasteiger partial charge is 0.463 e. The van der Waals surface area contributed by atoms with Gasteiger partial charge in [-0.1, -0.05) is 0 Å². The summed E-state index contributed by atoms with van der Waals surface area (Å²) in [5.41, 5.74) is -1.69. The first-order valence-corrected chi connectivity index (χ1v) is 4.54. The Labute approximate surface area is 91.3 Å². The molecule has 0 aromatic rings. The van der Waals surface area contributed by atoms with Crippen molar-refractivity contribution in [2.45, 2.75) is 18.9 Å². The fourth-order valence-corrected chi connectivity index (χ4v) is 1.74. The highest BCUT2D eigenvalue weighted by Gasteiger charge is 2.54. The molecule has 8 heteroatoms. The van der Waals surface area contributed by atoms with Crippen LogP contribution in [0.25, 0.3) is 0 Å². The number of hydrogen-bond acceptors (Lipinski definition) is 5. The Hall–Kier alpha value is -1.67. The van der Waals surface area contributed by atoms with Gasteiger partial charge in [-0.15, -0.1) is 0 Å². The lowest BCUT2D eigenvalue weighted by Gasteiger charge is -2.32. The lowest BCUT2D eigenvalue weighted by molar-refractivity contribution is -0.160. The zero-order chi connectivity index (χ0) is 12.5. The number of hydrogen-bond donors (Lipinski definition) is 3. The zero-order valence-electron chi connectivity index (χ0n) is 8.91. The number of rotatable bonds is 3. The number of aliphatic hydroxyl groups excluding tert-OH is 1.